The van der Waals surface area contributed by atoms with E-state index in [1.807, 2.05) is 0 Å². The van der Waals surface area contributed by atoms with Gasteiger partial charge in [-0.2, -0.15) is 0 Å². The van der Waals surface area contributed by atoms with Gasteiger partial charge in [0.05, 0.1) is 24.7 Å². The van der Waals surface area contributed by atoms with Crippen LogP contribution in [0.2, 0.25) is 0 Å². The van der Waals surface area contributed by atoms with Crippen molar-refractivity contribution in [2.75, 3.05) is 13.7 Å². The van der Waals surface area contributed by atoms with E-state index in [0.29, 0.717) is 25.2 Å². The topological polar surface area (TPSA) is 78.7 Å². The average Bonchev–Trinajstić information content (AvgIpc) is 2.38. The minimum Gasteiger partial charge on any atom is -0.496 e. The Hall–Kier alpha value is -2.11. The van der Waals surface area contributed by atoms with Gasteiger partial charge in [-0.1, -0.05) is 0 Å². The number of nitro groups is 1. The lowest BCUT2D eigenvalue weighted by Gasteiger charge is -2.07. The van der Waals surface area contributed by atoms with Crippen LogP contribution in [0.25, 0.3) is 0 Å². The lowest BCUT2D eigenvalue weighted by atomic mass is 10.2. The van der Waals surface area contributed by atoms with E-state index in [2.05, 4.69) is 0 Å². The highest BCUT2D eigenvalue weighted by atomic mass is 16.6. The number of hydrogen-bond acceptors (Lipinski definition) is 5. The molecule has 1 aromatic carbocycles. The summed E-state index contributed by atoms with van der Waals surface area (Å²) in [7, 11) is 1.45. The molecule has 104 valence electrons. The van der Waals surface area contributed by atoms with Gasteiger partial charge in [0, 0.05) is 6.42 Å². The molecule has 0 bridgehead atoms. The fraction of sp³-hybridized carbons (Fsp3) is 0.462. The average molecular weight is 267 g/mol. The highest BCUT2D eigenvalue weighted by Gasteiger charge is 2.16. The maximum Gasteiger partial charge on any atom is 0.314 e. The standard InChI is InChI=1S/C13H17NO5/c1-10(15)5-3-4-8-19-13-7-6-11(18-2)9-12(13)14(16)17/h6-7,9H,3-5,8H2,1-2H3. The van der Waals surface area contributed by atoms with Crippen molar-refractivity contribution in [3.05, 3.63) is 28.3 Å². The van der Waals surface area contributed by atoms with Crippen molar-refractivity contribution in [3.63, 3.8) is 0 Å². The van der Waals surface area contributed by atoms with Gasteiger partial charge in [0.2, 0.25) is 0 Å². The van der Waals surface area contributed by atoms with Crippen LogP contribution in [0.1, 0.15) is 26.2 Å². The molecule has 0 atom stereocenters. The highest BCUT2D eigenvalue weighted by Crippen LogP contribution is 2.31. The van der Waals surface area contributed by atoms with Crippen LogP contribution in [0.3, 0.4) is 0 Å². The number of benzene rings is 1. The largest absolute Gasteiger partial charge is 0.496 e. The van der Waals surface area contributed by atoms with Crippen LogP contribution >= 0.6 is 0 Å². The summed E-state index contributed by atoms with van der Waals surface area (Å²) in [6.07, 6.45) is 1.91. The Morgan fingerprint density at radius 3 is 2.68 bits per heavy atom. The summed E-state index contributed by atoms with van der Waals surface area (Å²) in [5.74, 6) is 0.764. The number of carbonyl (C=O) groups is 1. The van der Waals surface area contributed by atoms with Crippen LogP contribution in [0, 0.1) is 10.1 Å². The number of rotatable bonds is 8. The molecule has 0 fully saturated rings. The molecule has 0 heterocycles. The molecule has 1 rings (SSSR count). The molecule has 6 nitrogen and oxygen atoms in total. The minimum absolute atomic E-state index is 0.120. The first kappa shape index (κ1) is 14.9. The fourth-order valence-corrected chi connectivity index (χ4v) is 1.55. The lowest BCUT2D eigenvalue weighted by molar-refractivity contribution is -0.385. The van der Waals surface area contributed by atoms with E-state index in [0.717, 1.165) is 6.42 Å². The van der Waals surface area contributed by atoms with E-state index in [1.54, 1.807) is 6.07 Å². The quantitative estimate of drug-likeness (QED) is 0.411. The number of nitrogens with zero attached hydrogens (tertiary/aromatic N) is 1. The predicted octanol–water partition coefficient (Wildman–Crippen LogP) is 2.74. The lowest BCUT2D eigenvalue weighted by Crippen LogP contribution is -2.02. The van der Waals surface area contributed by atoms with Gasteiger partial charge in [-0.25, -0.2) is 0 Å². The Labute approximate surface area is 111 Å². The number of nitro benzene ring substituents is 1. The molecule has 0 aliphatic rings. The van der Waals surface area contributed by atoms with Gasteiger partial charge in [-0.15, -0.1) is 0 Å². The van der Waals surface area contributed by atoms with Crippen LogP contribution in [-0.2, 0) is 4.79 Å². The zero-order valence-corrected chi connectivity index (χ0v) is 11.0. The first-order chi connectivity index (χ1) is 9.04. The maximum absolute atomic E-state index is 10.9. The Morgan fingerprint density at radius 1 is 1.37 bits per heavy atom. The van der Waals surface area contributed by atoms with Crippen LogP contribution < -0.4 is 9.47 Å². The van der Waals surface area contributed by atoms with E-state index in [1.165, 1.54) is 26.2 Å². The summed E-state index contributed by atoms with van der Waals surface area (Å²) in [5.41, 5.74) is -0.120. The van der Waals surface area contributed by atoms with E-state index < -0.39 is 4.92 Å². The van der Waals surface area contributed by atoms with Crippen molar-refractivity contribution in [1.82, 2.24) is 0 Å². The number of unbranched alkanes of at least 4 members (excludes halogenated alkanes) is 1. The number of ether oxygens (including phenoxy) is 2. The predicted molar refractivity (Wildman–Crippen MR) is 69.7 cm³/mol. The van der Waals surface area contributed by atoms with Crippen LogP contribution in [0.5, 0.6) is 11.5 Å². The molecule has 0 amide bonds. The molecule has 0 radical (unpaired) electrons. The van der Waals surface area contributed by atoms with Crippen molar-refractivity contribution < 1.29 is 19.2 Å². The molecular formula is C13H17NO5. The minimum atomic E-state index is -0.507. The summed E-state index contributed by atoms with van der Waals surface area (Å²) >= 11 is 0. The van der Waals surface area contributed by atoms with Crippen LogP contribution in [0.4, 0.5) is 5.69 Å². The molecule has 0 saturated heterocycles. The molecule has 0 spiro atoms. The van der Waals surface area contributed by atoms with Crippen LogP contribution in [0.15, 0.2) is 18.2 Å². The molecule has 6 heteroatoms. The van der Waals surface area contributed by atoms with Crippen molar-refractivity contribution in [2.45, 2.75) is 26.2 Å². The van der Waals surface area contributed by atoms with Crippen molar-refractivity contribution in [1.29, 1.82) is 0 Å². The molecule has 0 aliphatic carbocycles. The van der Waals surface area contributed by atoms with Crippen LogP contribution in [-0.4, -0.2) is 24.4 Å². The van der Waals surface area contributed by atoms with E-state index in [9.17, 15) is 14.9 Å². The van der Waals surface area contributed by atoms with Crippen molar-refractivity contribution >= 4 is 11.5 Å². The van der Waals surface area contributed by atoms with Gasteiger partial charge in [0.1, 0.15) is 11.5 Å². The zero-order chi connectivity index (χ0) is 14.3. The van der Waals surface area contributed by atoms with Gasteiger partial charge in [-0.05, 0) is 31.9 Å². The van der Waals surface area contributed by atoms with E-state index in [4.69, 9.17) is 9.47 Å². The second-order valence-electron chi connectivity index (χ2n) is 4.10. The highest BCUT2D eigenvalue weighted by molar-refractivity contribution is 5.75. The molecule has 0 saturated carbocycles. The Bertz CT molecular complexity index is 458. The number of Topliss-reactive ketones (excluding diaryl/α,β-unsaturated/α-hetero) is 1. The monoisotopic (exact) mass is 267 g/mol. The summed E-state index contributed by atoms with van der Waals surface area (Å²) in [6.45, 7) is 1.88. The second-order valence-corrected chi connectivity index (χ2v) is 4.10. The van der Waals surface area contributed by atoms with E-state index >= 15 is 0 Å². The SMILES string of the molecule is COc1ccc(OCCCCC(C)=O)c([N+](=O)[O-])c1. The first-order valence-electron chi connectivity index (χ1n) is 5.99. The molecule has 1 aromatic rings. The molecular weight excluding hydrogens is 250 g/mol. The second kappa shape index (κ2) is 7.35. The Balaban J connectivity index is 2.57. The fourth-order valence-electron chi connectivity index (χ4n) is 1.55. The molecule has 0 aliphatic heterocycles. The third-order valence-corrected chi connectivity index (χ3v) is 2.54. The normalized spacial score (nSPS) is 10.0. The molecule has 19 heavy (non-hydrogen) atoms. The maximum atomic E-state index is 10.9. The van der Waals surface area contributed by atoms with E-state index in [-0.39, 0.29) is 17.2 Å². The number of carbonyl (C=O) groups excluding carboxylic acids is 1. The third-order valence-electron chi connectivity index (χ3n) is 2.54. The van der Waals surface area contributed by atoms with Gasteiger partial charge < -0.3 is 14.3 Å². The third kappa shape index (κ3) is 4.95. The summed E-state index contributed by atoms with van der Waals surface area (Å²) in [6, 6.07) is 4.45. The summed E-state index contributed by atoms with van der Waals surface area (Å²) in [5, 5.41) is 10.9. The smallest absolute Gasteiger partial charge is 0.314 e. The summed E-state index contributed by atoms with van der Waals surface area (Å²) in [4.78, 5) is 21.1. The molecule has 0 N–H and O–H groups in total. The number of methoxy groups -OCH3 is 1. The van der Waals surface area contributed by atoms with Gasteiger partial charge in [0.25, 0.3) is 0 Å². The zero-order valence-electron chi connectivity index (χ0n) is 11.0. The first-order valence-corrected chi connectivity index (χ1v) is 5.99. The van der Waals surface area contributed by atoms with Gasteiger partial charge in [-0.3, -0.25) is 10.1 Å². The van der Waals surface area contributed by atoms with Crippen molar-refractivity contribution in [2.24, 2.45) is 0 Å². The summed E-state index contributed by atoms with van der Waals surface area (Å²) < 4.78 is 10.3. The van der Waals surface area contributed by atoms with Gasteiger partial charge >= 0.3 is 5.69 Å². The molecule has 0 aromatic heterocycles. The molecule has 0 unspecified atom stereocenters. The van der Waals surface area contributed by atoms with Crippen molar-refractivity contribution in [3.8, 4) is 11.5 Å². The number of ketones is 1. The van der Waals surface area contributed by atoms with Gasteiger partial charge in [0.15, 0.2) is 5.75 Å². The Kier molecular flexibility index (Phi) is 5.78. The number of hydrogen-bond donors (Lipinski definition) is 0. The Morgan fingerprint density at radius 2 is 2.11 bits per heavy atom.